The van der Waals surface area contributed by atoms with Crippen molar-refractivity contribution < 1.29 is 14.6 Å². The van der Waals surface area contributed by atoms with E-state index < -0.39 is 6.10 Å². The Bertz CT molecular complexity index is 597. The number of hydrogen-bond acceptors (Lipinski definition) is 5. The number of nitrogens with one attached hydrogen (secondary N) is 1. The lowest BCUT2D eigenvalue weighted by molar-refractivity contribution is -0.115. The van der Waals surface area contributed by atoms with Crippen molar-refractivity contribution in [3.8, 4) is 5.75 Å². The maximum atomic E-state index is 11.9. The van der Waals surface area contributed by atoms with E-state index in [0.717, 1.165) is 10.6 Å². The second kappa shape index (κ2) is 8.67. The Morgan fingerprint density at radius 3 is 2.65 bits per heavy atom. The Hall–Kier alpha value is -1.89. The molecule has 0 fully saturated rings. The number of carbonyl (C=O) groups is 1. The molecule has 1 atom stereocenters. The highest BCUT2D eigenvalue weighted by Gasteiger charge is 2.07. The minimum absolute atomic E-state index is 0.0393. The fraction of sp³-hybridized carbons (Fsp3) is 0.353. The van der Waals surface area contributed by atoms with Gasteiger partial charge in [0.25, 0.3) is 0 Å². The molecular weight excluding hydrogens is 312 g/mol. The molecule has 1 aromatic carbocycles. The van der Waals surface area contributed by atoms with Crippen LogP contribution in [0.3, 0.4) is 0 Å². The summed E-state index contributed by atoms with van der Waals surface area (Å²) in [7, 11) is 3.80. The van der Waals surface area contributed by atoms with Crippen LogP contribution in [0.15, 0.2) is 41.8 Å². The Kier molecular flexibility index (Phi) is 6.58. The molecule has 0 aliphatic carbocycles. The van der Waals surface area contributed by atoms with Gasteiger partial charge in [-0.3, -0.25) is 4.79 Å². The van der Waals surface area contributed by atoms with E-state index in [-0.39, 0.29) is 12.5 Å². The Morgan fingerprint density at radius 2 is 2.04 bits per heavy atom. The van der Waals surface area contributed by atoms with E-state index >= 15 is 0 Å². The predicted molar refractivity (Wildman–Crippen MR) is 93.2 cm³/mol. The minimum atomic E-state index is -0.532. The van der Waals surface area contributed by atoms with Crippen molar-refractivity contribution in [2.24, 2.45) is 0 Å². The van der Waals surface area contributed by atoms with Crippen LogP contribution in [0.1, 0.15) is 4.88 Å². The summed E-state index contributed by atoms with van der Waals surface area (Å²) in [4.78, 5) is 14.9. The number of amides is 1. The fourth-order valence-electron chi connectivity index (χ4n) is 2.08. The van der Waals surface area contributed by atoms with Crippen LogP contribution in [0.5, 0.6) is 5.75 Å². The number of benzene rings is 1. The summed E-state index contributed by atoms with van der Waals surface area (Å²) < 4.78 is 5.53. The zero-order chi connectivity index (χ0) is 16.7. The molecule has 5 nitrogen and oxygen atoms in total. The number of carbonyl (C=O) groups excluding carboxylic acids is 1. The third kappa shape index (κ3) is 6.40. The van der Waals surface area contributed by atoms with Gasteiger partial charge in [0.05, 0.1) is 6.42 Å². The highest BCUT2D eigenvalue weighted by atomic mass is 32.1. The molecule has 1 heterocycles. The third-order valence-corrected chi connectivity index (χ3v) is 3.95. The van der Waals surface area contributed by atoms with Crippen LogP contribution in [0.2, 0.25) is 0 Å². The number of nitrogens with zero attached hydrogens (tertiary/aromatic N) is 1. The van der Waals surface area contributed by atoms with Gasteiger partial charge < -0.3 is 20.1 Å². The van der Waals surface area contributed by atoms with Crippen LogP contribution >= 0.6 is 11.3 Å². The van der Waals surface area contributed by atoms with Gasteiger partial charge in [0.15, 0.2) is 0 Å². The largest absolute Gasteiger partial charge is 0.491 e. The molecule has 0 bridgehead atoms. The van der Waals surface area contributed by atoms with Gasteiger partial charge in [-0.2, -0.15) is 0 Å². The van der Waals surface area contributed by atoms with Crippen LogP contribution in [0, 0.1) is 0 Å². The molecule has 0 aliphatic rings. The number of aliphatic hydroxyl groups excluding tert-OH is 1. The van der Waals surface area contributed by atoms with E-state index in [2.05, 4.69) is 5.32 Å². The predicted octanol–water partition coefficient (Wildman–Crippen LogP) is 2.23. The molecule has 1 amide bonds. The first-order valence-electron chi connectivity index (χ1n) is 7.41. The molecule has 2 N–H and O–H groups in total. The smallest absolute Gasteiger partial charge is 0.229 e. The molecule has 1 aromatic heterocycles. The van der Waals surface area contributed by atoms with Gasteiger partial charge in [-0.15, -0.1) is 11.3 Å². The number of hydrogen-bond donors (Lipinski definition) is 2. The number of aliphatic hydroxyl groups is 1. The van der Waals surface area contributed by atoms with E-state index in [1.165, 1.54) is 0 Å². The number of ether oxygens (including phenoxy) is 1. The summed E-state index contributed by atoms with van der Waals surface area (Å²) in [5.41, 5.74) is 0.729. The fourth-order valence-corrected chi connectivity index (χ4v) is 2.78. The Morgan fingerprint density at radius 1 is 1.30 bits per heavy atom. The molecule has 124 valence electrons. The molecular formula is C17H22N2O3S. The molecule has 1 unspecified atom stereocenters. The zero-order valence-electron chi connectivity index (χ0n) is 13.4. The molecule has 0 aliphatic heterocycles. The number of rotatable bonds is 8. The van der Waals surface area contributed by atoms with Crippen LogP contribution in [0.4, 0.5) is 5.69 Å². The van der Waals surface area contributed by atoms with Crippen LogP contribution < -0.4 is 10.1 Å². The van der Waals surface area contributed by atoms with Crippen LogP contribution in [-0.2, 0) is 11.2 Å². The average Bonchev–Trinajstić information content (AvgIpc) is 2.98. The van der Waals surface area contributed by atoms with Gasteiger partial charge in [0, 0.05) is 17.1 Å². The first kappa shape index (κ1) is 17.5. The first-order chi connectivity index (χ1) is 11.0. The van der Waals surface area contributed by atoms with Crippen molar-refractivity contribution in [2.75, 3.05) is 32.6 Å². The van der Waals surface area contributed by atoms with Crippen LogP contribution in [0.25, 0.3) is 0 Å². The van der Waals surface area contributed by atoms with E-state index in [4.69, 9.17) is 4.74 Å². The molecule has 0 spiro atoms. The zero-order valence-corrected chi connectivity index (χ0v) is 14.2. The van der Waals surface area contributed by atoms with Gasteiger partial charge in [-0.05, 0) is 49.8 Å². The maximum Gasteiger partial charge on any atom is 0.229 e. The highest BCUT2D eigenvalue weighted by Crippen LogP contribution is 2.17. The number of anilines is 1. The van der Waals surface area contributed by atoms with Gasteiger partial charge in [0.1, 0.15) is 18.5 Å². The summed E-state index contributed by atoms with van der Waals surface area (Å²) >= 11 is 1.57. The molecule has 0 radical (unpaired) electrons. The third-order valence-electron chi connectivity index (χ3n) is 3.07. The highest BCUT2D eigenvalue weighted by molar-refractivity contribution is 7.10. The van der Waals surface area contributed by atoms with Crippen molar-refractivity contribution in [1.29, 1.82) is 0 Å². The standard InChI is InChI=1S/C17H22N2O3S/c1-19(2)11-14(20)12-22-15-7-5-13(6-8-15)18-17(21)10-16-4-3-9-23-16/h3-9,14,20H,10-12H2,1-2H3,(H,18,21). The summed E-state index contributed by atoms with van der Waals surface area (Å²) in [6.45, 7) is 0.791. The quantitative estimate of drug-likeness (QED) is 0.777. The van der Waals surface area contributed by atoms with Gasteiger partial charge in [0.2, 0.25) is 5.91 Å². The Balaban J connectivity index is 1.78. The van der Waals surface area contributed by atoms with Crippen molar-refractivity contribution in [3.05, 3.63) is 46.7 Å². The number of thiophene rings is 1. The second-order valence-corrected chi connectivity index (χ2v) is 6.59. The molecule has 0 saturated heterocycles. The molecule has 2 aromatic rings. The second-order valence-electron chi connectivity index (χ2n) is 5.56. The summed E-state index contributed by atoms with van der Waals surface area (Å²) in [6, 6.07) is 11.0. The molecule has 2 rings (SSSR count). The normalized spacial score (nSPS) is 12.2. The first-order valence-corrected chi connectivity index (χ1v) is 8.29. The van der Waals surface area contributed by atoms with E-state index in [1.54, 1.807) is 35.6 Å². The van der Waals surface area contributed by atoms with Crippen molar-refractivity contribution in [3.63, 3.8) is 0 Å². The maximum absolute atomic E-state index is 11.9. The van der Waals surface area contributed by atoms with Gasteiger partial charge in [-0.25, -0.2) is 0 Å². The lowest BCUT2D eigenvalue weighted by atomic mass is 10.2. The summed E-state index contributed by atoms with van der Waals surface area (Å²) in [5.74, 6) is 0.626. The van der Waals surface area contributed by atoms with Crippen molar-refractivity contribution >= 4 is 22.9 Å². The monoisotopic (exact) mass is 334 g/mol. The van der Waals surface area contributed by atoms with Crippen LogP contribution in [-0.4, -0.2) is 49.3 Å². The van der Waals surface area contributed by atoms with E-state index in [1.807, 2.05) is 36.5 Å². The summed E-state index contributed by atoms with van der Waals surface area (Å²) in [5, 5.41) is 14.6. The SMILES string of the molecule is CN(C)CC(O)COc1ccc(NC(=O)Cc2cccs2)cc1. The molecule has 0 saturated carbocycles. The lowest BCUT2D eigenvalue weighted by Gasteiger charge is -2.16. The van der Waals surface area contributed by atoms with E-state index in [0.29, 0.717) is 18.7 Å². The Labute approximate surface area is 140 Å². The summed E-state index contributed by atoms with van der Waals surface area (Å²) in [6.07, 6.45) is -0.151. The lowest BCUT2D eigenvalue weighted by Crippen LogP contribution is -2.30. The van der Waals surface area contributed by atoms with Crippen molar-refractivity contribution in [1.82, 2.24) is 4.90 Å². The number of likely N-dealkylation sites (N-methyl/N-ethyl adjacent to an activating group) is 1. The minimum Gasteiger partial charge on any atom is -0.491 e. The molecule has 6 heteroatoms. The van der Waals surface area contributed by atoms with Gasteiger partial charge in [-0.1, -0.05) is 6.07 Å². The van der Waals surface area contributed by atoms with Gasteiger partial charge >= 0.3 is 0 Å². The van der Waals surface area contributed by atoms with Crippen molar-refractivity contribution in [2.45, 2.75) is 12.5 Å². The molecule has 23 heavy (non-hydrogen) atoms. The topological polar surface area (TPSA) is 61.8 Å². The average molecular weight is 334 g/mol. The van der Waals surface area contributed by atoms with E-state index in [9.17, 15) is 9.90 Å².